The van der Waals surface area contributed by atoms with Crippen LogP contribution in [-0.4, -0.2) is 24.8 Å². The van der Waals surface area contributed by atoms with Crippen LogP contribution < -0.4 is 5.32 Å². The first-order valence-electron chi connectivity index (χ1n) is 2.67. The topological polar surface area (TPSA) is 83.5 Å². The lowest BCUT2D eigenvalue weighted by Crippen LogP contribution is -2.28. The second-order valence-electron chi connectivity index (χ2n) is 1.68. The van der Waals surface area contributed by atoms with Crippen LogP contribution in [0.2, 0.25) is 0 Å². The first-order valence-corrected chi connectivity index (χ1v) is 4.28. The third-order valence-corrected chi connectivity index (χ3v) is 1.28. The van der Waals surface area contributed by atoms with Crippen molar-refractivity contribution in [3.63, 3.8) is 0 Å². The molecule has 0 fully saturated rings. The Morgan fingerprint density at radius 1 is 1.60 bits per heavy atom. The van der Waals surface area contributed by atoms with Gasteiger partial charge in [0.15, 0.2) is 0 Å². The number of rotatable bonds is 3. The molecular formula is C4H9NO4S. The van der Waals surface area contributed by atoms with E-state index in [-0.39, 0.29) is 6.42 Å². The van der Waals surface area contributed by atoms with E-state index in [0.717, 1.165) is 0 Å². The van der Waals surface area contributed by atoms with E-state index in [1.165, 1.54) is 0 Å². The van der Waals surface area contributed by atoms with Crippen LogP contribution in [0.5, 0.6) is 0 Å². The van der Waals surface area contributed by atoms with Crippen molar-refractivity contribution < 1.29 is 17.8 Å². The number of carbonyl (C=O) groups is 1. The van der Waals surface area contributed by atoms with Crippen molar-refractivity contribution in [2.24, 2.45) is 0 Å². The van der Waals surface area contributed by atoms with E-state index in [0.29, 0.717) is 0 Å². The Morgan fingerprint density at radius 3 is 2.40 bits per heavy atom. The normalized spacial score (nSPS) is 11.0. The molecule has 0 saturated heterocycles. The lowest BCUT2D eigenvalue weighted by molar-refractivity contribution is -0.120. The van der Waals surface area contributed by atoms with Gasteiger partial charge in [-0.15, -0.1) is 0 Å². The summed E-state index contributed by atoms with van der Waals surface area (Å²) < 4.78 is 28.1. The van der Waals surface area contributed by atoms with Gasteiger partial charge in [0, 0.05) is 6.42 Å². The van der Waals surface area contributed by atoms with Crippen molar-refractivity contribution in [2.45, 2.75) is 13.3 Å². The molecule has 0 aliphatic rings. The average molecular weight is 167 g/mol. The van der Waals surface area contributed by atoms with Gasteiger partial charge < -0.3 is 5.32 Å². The molecule has 0 aliphatic carbocycles. The van der Waals surface area contributed by atoms with E-state index < -0.39 is 21.9 Å². The van der Waals surface area contributed by atoms with Gasteiger partial charge in [-0.2, -0.15) is 8.42 Å². The molecular weight excluding hydrogens is 158 g/mol. The molecule has 0 aromatic rings. The molecule has 6 heteroatoms. The van der Waals surface area contributed by atoms with E-state index in [2.05, 4.69) is 0 Å². The number of hydrogen-bond donors (Lipinski definition) is 2. The molecule has 0 heterocycles. The minimum absolute atomic E-state index is 0.204. The van der Waals surface area contributed by atoms with Gasteiger partial charge in [0.1, 0.15) is 5.88 Å². The zero-order chi connectivity index (χ0) is 8.20. The smallest absolute Gasteiger partial charge is 0.283 e. The van der Waals surface area contributed by atoms with Crippen LogP contribution in [0.1, 0.15) is 13.3 Å². The second kappa shape index (κ2) is 3.52. The predicted octanol–water partition coefficient (Wildman–Crippen LogP) is -0.642. The minimum Gasteiger partial charge on any atom is -0.340 e. The van der Waals surface area contributed by atoms with Gasteiger partial charge >= 0.3 is 0 Å². The molecule has 0 aromatic carbocycles. The summed E-state index contributed by atoms with van der Waals surface area (Å²) in [5.41, 5.74) is 0. The summed E-state index contributed by atoms with van der Waals surface area (Å²) in [6.45, 7) is 1.58. The fraction of sp³-hybridized carbons (Fsp3) is 0.750. The van der Waals surface area contributed by atoms with Crippen LogP contribution in [0.4, 0.5) is 0 Å². The third-order valence-electron chi connectivity index (χ3n) is 0.773. The molecule has 0 atom stereocenters. The maximum atomic E-state index is 10.4. The highest BCUT2D eigenvalue weighted by atomic mass is 32.2. The quantitative estimate of drug-likeness (QED) is 0.547. The lowest BCUT2D eigenvalue weighted by Gasteiger charge is -1.98. The largest absolute Gasteiger partial charge is 0.340 e. The van der Waals surface area contributed by atoms with Gasteiger partial charge in [-0.3, -0.25) is 9.35 Å². The van der Waals surface area contributed by atoms with Gasteiger partial charge in [0.2, 0.25) is 5.91 Å². The second-order valence-corrected chi connectivity index (χ2v) is 3.13. The van der Waals surface area contributed by atoms with Gasteiger partial charge in [-0.1, -0.05) is 6.92 Å². The molecule has 2 N–H and O–H groups in total. The molecule has 0 radical (unpaired) electrons. The van der Waals surface area contributed by atoms with Crippen LogP contribution in [0.15, 0.2) is 0 Å². The lowest BCUT2D eigenvalue weighted by atomic mass is 10.5. The Hall–Kier alpha value is -0.620. The van der Waals surface area contributed by atoms with Crippen molar-refractivity contribution in [1.29, 1.82) is 0 Å². The first-order chi connectivity index (χ1) is 4.45. The minimum atomic E-state index is -4.06. The zero-order valence-corrected chi connectivity index (χ0v) is 6.31. The van der Waals surface area contributed by atoms with Crippen molar-refractivity contribution >= 4 is 16.0 Å². The summed E-state index contributed by atoms with van der Waals surface area (Å²) >= 11 is 0. The highest BCUT2D eigenvalue weighted by molar-refractivity contribution is 7.85. The van der Waals surface area contributed by atoms with E-state index in [4.69, 9.17) is 4.55 Å². The van der Waals surface area contributed by atoms with Crippen molar-refractivity contribution in [3.05, 3.63) is 0 Å². The average Bonchev–Trinajstić information content (AvgIpc) is 1.81. The Morgan fingerprint density at radius 2 is 2.10 bits per heavy atom. The number of hydrogen-bond acceptors (Lipinski definition) is 3. The summed E-state index contributed by atoms with van der Waals surface area (Å²) in [6, 6.07) is 0. The van der Waals surface area contributed by atoms with Crippen molar-refractivity contribution in [3.8, 4) is 0 Å². The number of amides is 1. The Kier molecular flexibility index (Phi) is 3.31. The third kappa shape index (κ3) is 5.52. The zero-order valence-electron chi connectivity index (χ0n) is 5.49. The summed E-state index contributed by atoms with van der Waals surface area (Å²) in [5.74, 6) is -1.11. The highest BCUT2D eigenvalue weighted by Crippen LogP contribution is 1.79. The molecule has 0 unspecified atom stereocenters. The Balaban J connectivity index is 3.67. The molecule has 0 rings (SSSR count). The Bertz CT molecular complexity index is 207. The number of nitrogens with one attached hydrogen (secondary N) is 1. The SMILES string of the molecule is CCC(=O)NCS(=O)(=O)O. The molecule has 10 heavy (non-hydrogen) atoms. The van der Waals surface area contributed by atoms with Gasteiger partial charge in [-0.25, -0.2) is 0 Å². The van der Waals surface area contributed by atoms with Crippen LogP contribution in [0, 0.1) is 0 Å². The van der Waals surface area contributed by atoms with E-state index in [1.807, 2.05) is 5.32 Å². The molecule has 0 bridgehead atoms. The maximum absolute atomic E-state index is 10.4. The number of carbonyl (C=O) groups excluding carboxylic acids is 1. The monoisotopic (exact) mass is 167 g/mol. The van der Waals surface area contributed by atoms with E-state index in [9.17, 15) is 13.2 Å². The highest BCUT2D eigenvalue weighted by Gasteiger charge is 2.04. The molecule has 0 aromatic heterocycles. The van der Waals surface area contributed by atoms with Gasteiger partial charge in [0.25, 0.3) is 10.1 Å². The summed E-state index contributed by atoms with van der Waals surface area (Å²) in [7, 11) is -4.06. The van der Waals surface area contributed by atoms with Crippen molar-refractivity contribution in [2.75, 3.05) is 5.88 Å². The maximum Gasteiger partial charge on any atom is 0.283 e. The van der Waals surface area contributed by atoms with Crippen LogP contribution in [0.25, 0.3) is 0 Å². The summed E-state index contributed by atoms with van der Waals surface area (Å²) in [4.78, 5) is 10.4. The molecule has 1 amide bonds. The van der Waals surface area contributed by atoms with Gasteiger partial charge in [0.05, 0.1) is 0 Å². The predicted molar refractivity (Wildman–Crippen MR) is 34.8 cm³/mol. The van der Waals surface area contributed by atoms with Gasteiger partial charge in [-0.05, 0) is 0 Å². The first kappa shape index (κ1) is 9.38. The van der Waals surface area contributed by atoms with Crippen LogP contribution in [-0.2, 0) is 14.9 Å². The summed E-state index contributed by atoms with van der Waals surface area (Å²) in [5, 5.41) is 2.00. The summed E-state index contributed by atoms with van der Waals surface area (Å²) in [6.07, 6.45) is 0.204. The fourth-order valence-electron chi connectivity index (χ4n) is 0.297. The van der Waals surface area contributed by atoms with Crippen LogP contribution >= 0.6 is 0 Å². The Labute approximate surface area is 59.2 Å². The fourth-order valence-corrected chi connectivity index (χ4v) is 0.640. The molecule has 0 spiro atoms. The molecule has 0 aliphatic heterocycles. The van der Waals surface area contributed by atoms with E-state index in [1.54, 1.807) is 6.92 Å². The standard InChI is InChI=1S/C4H9NO4S/c1-2-4(6)5-3-10(7,8)9/h2-3H2,1H3,(H,5,6)(H,7,8,9). The molecule has 0 saturated carbocycles. The van der Waals surface area contributed by atoms with E-state index >= 15 is 0 Å². The van der Waals surface area contributed by atoms with Crippen LogP contribution in [0.3, 0.4) is 0 Å². The van der Waals surface area contributed by atoms with Crippen molar-refractivity contribution in [1.82, 2.24) is 5.32 Å². The molecule has 60 valence electrons. The molecule has 5 nitrogen and oxygen atoms in total.